The number of fused-ring (bicyclic) bond motifs is 1. The van der Waals surface area contributed by atoms with Gasteiger partial charge in [-0.1, -0.05) is 24.6 Å². The third-order valence-corrected chi connectivity index (χ3v) is 7.58. The van der Waals surface area contributed by atoms with E-state index in [0.29, 0.717) is 23.6 Å². The Morgan fingerprint density at radius 2 is 1.58 bits per heavy atom. The molecule has 6 nitrogen and oxygen atoms in total. The molecule has 4 rings (SSSR count). The summed E-state index contributed by atoms with van der Waals surface area (Å²) in [7, 11) is 3.15. The van der Waals surface area contributed by atoms with Crippen molar-refractivity contribution < 1.29 is 14.3 Å². The number of hydrogen-bond donors (Lipinski definition) is 1. The number of rotatable bonds is 11. The Morgan fingerprint density at radius 3 is 2.29 bits per heavy atom. The number of hydrogen-bond acceptors (Lipinski definition) is 4. The number of aryl methyl sites for hydroxylation is 3. The number of imidazole rings is 1. The van der Waals surface area contributed by atoms with Crippen molar-refractivity contribution >= 4 is 16.9 Å². The number of methoxy groups -OCH3 is 2. The highest BCUT2D eigenvalue weighted by Gasteiger charge is 2.15. The minimum absolute atomic E-state index is 0.105. The summed E-state index contributed by atoms with van der Waals surface area (Å²) in [5, 5.41) is 3.02. The second-order valence-corrected chi connectivity index (χ2v) is 9.98. The van der Waals surface area contributed by atoms with Crippen LogP contribution in [-0.2, 0) is 13.0 Å². The summed E-state index contributed by atoms with van der Waals surface area (Å²) in [5.41, 5.74) is 9.59. The lowest BCUT2D eigenvalue weighted by atomic mass is 9.94. The number of aromatic nitrogens is 2. The van der Waals surface area contributed by atoms with E-state index in [4.69, 9.17) is 14.5 Å². The van der Waals surface area contributed by atoms with Gasteiger partial charge in [0, 0.05) is 25.1 Å². The van der Waals surface area contributed by atoms with E-state index in [9.17, 15) is 4.79 Å². The predicted octanol–water partition coefficient (Wildman–Crippen LogP) is 6.48. The molecule has 1 amide bonds. The van der Waals surface area contributed by atoms with Crippen molar-refractivity contribution in [3.8, 4) is 11.5 Å². The number of nitrogens with one attached hydrogen (secondary N) is 1. The van der Waals surface area contributed by atoms with Crippen molar-refractivity contribution in [3.63, 3.8) is 0 Å². The first-order valence-corrected chi connectivity index (χ1v) is 13.3. The zero-order valence-electron chi connectivity index (χ0n) is 23.5. The Morgan fingerprint density at radius 1 is 0.868 bits per heavy atom. The van der Waals surface area contributed by atoms with Crippen LogP contribution >= 0.6 is 0 Å². The Hall–Kier alpha value is -3.80. The molecule has 1 N–H and O–H groups in total. The molecule has 0 saturated heterocycles. The predicted molar refractivity (Wildman–Crippen MR) is 154 cm³/mol. The standard InChI is InChI=1S/C32H39N3O3/c1-21-18-22(2)24(4)26(23(21)3)20-35-28-13-10-9-12-27(28)34-31(35)14-8-7-11-17-33-32(36)25-15-16-29(37-5)30(19-25)38-6/h9-10,12-13,15-16,18-19H,7-8,11,14,17,20H2,1-6H3,(H,33,36). The van der Waals surface area contributed by atoms with Gasteiger partial charge in [-0.05, 0) is 98.7 Å². The number of carbonyl (C=O) groups excluding carboxylic acids is 1. The number of nitrogens with zero attached hydrogens (tertiary/aromatic N) is 2. The molecule has 0 bridgehead atoms. The molecule has 6 heteroatoms. The van der Waals surface area contributed by atoms with Gasteiger partial charge in [0.1, 0.15) is 5.82 Å². The van der Waals surface area contributed by atoms with Crippen LogP contribution in [0.2, 0.25) is 0 Å². The van der Waals surface area contributed by atoms with E-state index in [1.807, 2.05) is 0 Å². The van der Waals surface area contributed by atoms with Gasteiger partial charge in [0.2, 0.25) is 0 Å². The zero-order valence-corrected chi connectivity index (χ0v) is 23.5. The monoisotopic (exact) mass is 513 g/mol. The van der Waals surface area contributed by atoms with Crippen molar-refractivity contribution in [3.05, 3.63) is 87.7 Å². The van der Waals surface area contributed by atoms with E-state index in [0.717, 1.165) is 43.6 Å². The minimum atomic E-state index is -0.105. The summed E-state index contributed by atoms with van der Waals surface area (Å²) in [6.07, 6.45) is 3.84. The van der Waals surface area contributed by atoms with E-state index in [1.54, 1.807) is 32.4 Å². The number of unbranched alkanes of at least 4 members (excludes halogenated alkanes) is 2. The van der Waals surface area contributed by atoms with Crippen molar-refractivity contribution in [1.82, 2.24) is 14.9 Å². The maximum atomic E-state index is 12.6. The van der Waals surface area contributed by atoms with E-state index in [-0.39, 0.29) is 5.91 Å². The Balaban J connectivity index is 1.37. The normalized spacial score (nSPS) is 11.1. The third kappa shape index (κ3) is 5.85. The van der Waals surface area contributed by atoms with Crippen molar-refractivity contribution in [2.45, 2.75) is 59.9 Å². The third-order valence-electron chi connectivity index (χ3n) is 7.58. The Labute approximate surface area is 226 Å². The first kappa shape index (κ1) is 27.2. The summed E-state index contributed by atoms with van der Waals surface area (Å²) in [6, 6.07) is 15.9. The highest BCUT2D eigenvalue weighted by molar-refractivity contribution is 5.94. The highest BCUT2D eigenvalue weighted by Crippen LogP contribution is 2.28. The SMILES string of the molecule is COc1ccc(C(=O)NCCCCCc2nc3ccccc3n2Cc2c(C)c(C)cc(C)c2C)cc1OC. The fourth-order valence-corrected chi connectivity index (χ4v) is 5.05. The fraction of sp³-hybridized carbons (Fsp3) is 0.375. The van der Waals surface area contributed by atoms with Gasteiger partial charge in [-0.3, -0.25) is 4.79 Å². The van der Waals surface area contributed by atoms with Crippen LogP contribution in [0, 0.1) is 27.7 Å². The van der Waals surface area contributed by atoms with Crippen molar-refractivity contribution in [2.75, 3.05) is 20.8 Å². The van der Waals surface area contributed by atoms with Crippen molar-refractivity contribution in [2.24, 2.45) is 0 Å². The second kappa shape index (κ2) is 12.2. The molecule has 4 aromatic rings. The summed E-state index contributed by atoms with van der Waals surface area (Å²) in [4.78, 5) is 17.6. The molecule has 0 unspecified atom stereocenters. The quantitative estimate of drug-likeness (QED) is 0.233. The lowest BCUT2D eigenvalue weighted by Gasteiger charge is -2.18. The van der Waals surface area contributed by atoms with Gasteiger partial charge in [-0.25, -0.2) is 4.98 Å². The largest absolute Gasteiger partial charge is 0.493 e. The number of benzene rings is 3. The maximum Gasteiger partial charge on any atom is 0.251 e. The van der Waals surface area contributed by atoms with Gasteiger partial charge < -0.3 is 19.4 Å². The average Bonchev–Trinajstić information content (AvgIpc) is 3.28. The topological polar surface area (TPSA) is 65.4 Å². The van der Waals surface area contributed by atoms with Crippen LogP contribution in [-0.4, -0.2) is 36.2 Å². The summed E-state index contributed by atoms with van der Waals surface area (Å²) >= 11 is 0. The Bertz CT molecular complexity index is 1410. The van der Waals surface area contributed by atoms with Gasteiger partial charge in [0.15, 0.2) is 11.5 Å². The molecule has 0 spiro atoms. The lowest BCUT2D eigenvalue weighted by Crippen LogP contribution is -2.24. The average molecular weight is 514 g/mol. The van der Waals surface area contributed by atoms with E-state index < -0.39 is 0 Å². The molecule has 0 aliphatic heterocycles. The Kier molecular flexibility index (Phi) is 8.72. The fourth-order valence-electron chi connectivity index (χ4n) is 5.05. The van der Waals surface area contributed by atoms with Crippen molar-refractivity contribution in [1.29, 1.82) is 0 Å². The molecule has 0 aliphatic rings. The molecular weight excluding hydrogens is 474 g/mol. The summed E-state index contributed by atoms with van der Waals surface area (Å²) in [5.74, 6) is 2.18. The summed E-state index contributed by atoms with van der Waals surface area (Å²) < 4.78 is 13.0. The molecule has 38 heavy (non-hydrogen) atoms. The van der Waals surface area contributed by atoms with Gasteiger partial charge in [-0.15, -0.1) is 0 Å². The first-order valence-electron chi connectivity index (χ1n) is 13.3. The minimum Gasteiger partial charge on any atom is -0.493 e. The van der Waals surface area contributed by atoms with Gasteiger partial charge >= 0.3 is 0 Å². The molecule has 0 aliphatic carbocycles. The molecule has 1 heterocycles. The molecule has 0 radical (unpaired) electrons. The zero-order chi connectivity index (χ0) is 27.2. The van der Waals surface area contributed by atoms with E-state index in [2.05, 4.69) is 67.9 Å². The van der Waals surface area contributed by atoms with Gasteiger partial charge in [0.25, 0.3) is 5.91 Å². The number of ether oxygens (including phenoxy) is 2. The van der Waals surface area contributed by atoms with Crippen LogP contribution in [0.15, 0.2) is 48.5 Å². The van der Waals surface area contributed by atoms with Crippen LogP contribution in [0.4, 0.5) is 0 Å². The van der Waals surface area contributed by atoms with Crippen LogP contribution in [0.1, 0.15) is 63.3 Å². The molecule has 3 aromatic carbocycles. The number of amides is 1. The molecule has 0 atom stereocenters. The summed E-state index contributed by atoms with van der Waals surface area (Å²) in [6.45, 7) is 10.3. The maximum absolute atomic E-state index is 12.6. The van der Waals surface area contributed by atoms with Crippen LogP contribution < -0.4 is 14.8 Å². The van der Waals surface area contributed by atoms with Gasteiger partial charge in [-0.2, -0.15) is 0 Å². The molecular formula is C32H39N3O3. The lowest BCUT2D eigenvalue weighted by molar-refractivity contribution is 0.0952. The first-order chi connectivity index (χ1) is 18.3. The van der Waals surface area contributed by atoms with E-state index in [1.165, 1.54) is 33.3 Å². The molecule has 200 valence electrons. The highest BCUT2D eigenvalue weighted by atomic mass is 16.5. The molecule has 1 aromatic heterocycles. The number of carbonyl (C=O) groups is 1. The molecule has 0 saturated carbocycles. The van der Waals surface area contributed by atoms with Crippen LogP contribution in [0.3, 0.4) is 0 Å². The van der Waals surface area contributed by atoms with E-state index >= 15 is 0 Å². The van der Waals surface area contributed by atoms with Crippen LogP contribution in [0.5, 0.6) is 11.5 Å². The van der Waals surface area contributed by atoms with Crippen LogP contribution in [0.25, 0.3) is 11.0 Å². The van der Waals surface area contributed by atoms with Gasteiger partial charge in [0.05, 0.1) is 25.3 Å². The second-order valence-electron chi connectivity index (χ2n) is 9.98. The number of para-hydroxylation sites is 2. The molecule has 0 fully saturated rings. The smallest absolute Gasteiger partial charge is 0.251 e.